The van der Waals surface area contributed by atoms with E-state index in [1.165, 1.54) is 38.5 Å². The number of aliphatic hydroxyl groups is 2. The van der Waals surface area contributed by atoms with Gasteiger partial charge in [0.05, 0.1) is 12.2 Å². The molecule has 0 aromatic rings. The average Bonchev–Trinajstić information content (AvgIpc) is 3.07. The van der Waals surface area contributed by atoms with Gasteiger partial charge in [0.2, 0.25) is 0 Å². The van der Waals surface area contributed by atoms with Crippen molar-refractivity contribution in [3.05, 3.63) is 23.8 Å². The van der Waals surface area contributed by atoms with Crippen LogP contribution in [0.25, 0.3) is 0 Å². The van der Waals surface area contributed by atoms with E-state index in [1.54, 1.807) is 19.1 Å². The summed E-state index contributed by atoms with van der Waals surface area (Å²) in [5.41, 5.74) is 0.500. The smallest absolute Gasteiger partial charge is 0.178 e. The van der Waals surface area contributed by atoms with Crippen molar-refractivity contribution in [3.8, 4) is 0 Å². The van der Waals surface area contributed by atoms with Crippen LogP contribution in [-0.4, -0.2) is 40.8 Å². The Kier molecular flexibility index (Phi) is 7.84. The van der Waals surface area contributed by atoms with Gasteiger partial charge in [0.25, 0.3) is 0 Å². The van der Waals surface area contributed by atoms with Gasteiger partial charge in [-0.3, -0.25) is 9.59 Å². The average molecular weight is 711 g/mol. The first-order valence-electron chi connectivity index (χ1n) is 13.1. The fourth-order valence-electron chi connectivity index (χ4n) is 8.36. The summed E-state index contributed by atoms with van der Waals surface area (Å²) in [7, 11) is 0. The van der Waals surface area contributed by atoms with Gasteiger partial charge in [-0.25, -0.2) is 0 Å². The second kappa shape index (κ2) is 10.1. The van der Waals surface area contributed by atoms with E-state index in [0.29, 0.717) is 6.42 Å². The summed E-state index contributed by atoms with van der Waals surface area (Å²) >= 11 is 0. The molecule has 0 amide bonds. The van der Waals surface area contributed by atoms with E-state index in [-0.39, 0.29) is 59.0 Å². The molecule has 2 N–H and O–H groups in total. The molecule has 0 aliphatic heterocycles. The molecular formula is C28H42EsO5. The number of Topliss-reactive ketones (excluding diaryl/α,β-unsaturated/α-hetero) is 1. The van der Waals surface area contributed by atoms with Crippen molar-refractivity contribution in [2.24, 2.45) is 34.5 Å². The van der Waals surface area contributed by atoms with Crippen LogP contribution >= 0.6 is 0 Å². The van der Waals surface area contributed by atoms with Crippen LogP contribution in [0.1, 0.15) is 85.0 Å². The van der Waals surface area contributed by atoms with Gasteiger partial charge < -0.3 is 14.9 Å². The number of allylic oxidation sites excluding steroid dienone is 4. The zero-order chi connectivity index (χ0) is 23.8. The maximum Gasteiger partial charge on any atom is 0.178 e. The minimum Gasteiger partial charge on any atom is -0.393 e. The Morgan fingerprint density at radius 3 is 2.32 bits per heavy atom. The maximum atomic E-state index is 12.5. The van der Waals surface area contributed by atoms with E-state index in [2.05, 4.69) is 13.8 Å². The molecule has 0 spiro atoms. The van der Waals surface area contributed by atoms with Gasteiger partial charge in [-0.1, -0.05) is 64.0 Å². The van der Waals surface area contributed by atoms with Crippen LogP contribution in [0.2, 0.25) is 0 Å². The van der Waals surface area contributed by atoms with Gasteiger partial charge in [0.15, 0.2) is 5.78 Å². The van der Waals surface area contributed by atoms with Gasteiger partial charge in [-0.05, 0) is 62.0 Å². The molecule has 0 bridgehead atoms. The number of fused-ring (bicyclic) bond motifs is 5. The number of hydrogen-bond donors (Lipinski definition) is 2. The number of rotatable bonds is 3. The Morgan fingerprint density at radius 2 is 1.76 bits per heavy atom. The van der Waals surface area contributed by atoms with Crippen molar-refractivity contribution in [1.82, 2.24) is 0 Å². The molecule has 4 saturated carbocycles. The summed E-state index contributed by atoms with van der Waals surface area (Å²) in [4.78, 5) is 24.3. The van der Waals surface area contributed by atoms with Crippen molar-refractivity contribution < 1.29 is 24.5 Å². The zero-order valence-electron chi connectivity index (χ0n) is 20.9. The molecule has 5 aliphatic rings. The Morgan fingerprint density at radius 1 is 1.15 bits per heavy atom. The van der Waals surface area contributed by atoms with Crippen molar-refractivity contribution >= 4 is 11.6 Å². The second-order valence-electron chi connectivity index (χ2n) is 11.6. The third-order valence-electron chi connectivity index (χ3n) is 9.73. The van der Waals surface area contributed by atoms with Crippen LogP contribution in [-0.2, 0) is 14.3 Å². The molecule has 5 aliphatic carbocycles. The van der Waals surface area contributed by atoms with Crippen LogP contribution in [0.3, 0.4) is 0 Å². The van der Waals surface area contributed by atoms with E-state index < -0.39 is 6.10 Å². The molecule has 8 atom stereocenters. The normalized spacial score (nSPS) is 42.7. The molecule has 5 rings (SSSR count). The second-order valence-corrected chi connectivity index (χ2v) is 11.6. The molecule has 4 fully saturated rings. The topological polar surface area (TPSA) is 83.8 Å². The molecule has 0 heterocycles. The fourth-order valence-corrected chi connectivity index (χ4v) is 8.36. The summed E-state index contributed by atoms with van der Waals surface area (Å²) in [6.45, 7) is 5.48. The first-order valence-corrected chi connectivity index (χ1v) is 13.1. The molecular weight excluding hydrogens is 668 g/mol. The first-order chi connectivity index (χ1) is 15.7. The van der Waals surface area contributed by atoms with Crippen LogP contribution in [0.15, 0.2) is 23.8 Å². The molecule has 0 aromatic heterocycles. The Bertz CT molecular complexity index is 806. The van der Waals surface area contributed by atoms with Crippen molar-refractivity contribution in [1.29, 1.82) is 0 Å². The molecule has 6 heteroatoms. The molecule has 5 nitrogen and oxygen atoms in total. The maximum absolute atomic E-state index is 12.5. The SMILES string of the molecule is C1CCCCC1.CC(=O)C1[C@H](OCO)CC2C3CCC4=CC(=O)C=CC4(C)C3C(O)CC21C.[Es]. The fraction of sp³-hybridized carbons (Fsp3) is 0.786. The van der Waals surface area contributed by atoms with E-state index >= 15 is 0 Å². The minimum atomic E-state index is -0.530. The number of ether oxygens (including phenoxy) is 1. The Labute approximate surface area is 198 Å². The largest absolute Gasteiger partial charge is 0.393 e. The van der Waals surface area contributed by atoms with Crippen LogP contribution < -0.4 is 0 Å². The Hall–Kier alpha value is -2.30. The summed E-state index contributed by atoms with van der Waals surface area (Å²) in [6.07, 6.45) is 16.6. The third kappa shape index (κ3) is 4.38. The molecule has 7 unspecified atom stereocenters. The monoisotopic (exact) mass is 710 g/mol. The number of carbonyl (C=O) groups excluding carboxylic acids is 2. The first kappa shape index (κ1) is 26.3. The number of carbonyl (C=O) groups is 2. The van der Waals surface area contributed by atoms with Crippen LogP contribution in [0.4, 0.5) is 0 Å². The quantitative estimate of drug-likeness (QED) is 0.414. The van der Waals surface area contributed by atoms with E-state index in [9.17, 15) is 19.8 Å². The van der Waals surface area contributed by atoms with Gasteiger partial charge in [0.1, 0.15) is 12.6 Å². The van der Waals surface area contributed by atoms with Crippen molar-refractivity contribution in [3.63, 3.8) is 0 Å². The van der Waals surface area contributed by atoms with Gasteiger partial charge in [0, 0.05) is 17.3 Å². The Balaban J connectivity index is 0.000000405. The summed E-state index contributed by atoms with van der Waals surface area (Å²) < 4.78 is 5.58. The zero-order valence-corrected chi connectivity index (χ0v) is 23.4. The summed E-state index contributed by atoms with van der Waals surface area (Å²) in [5.74, 6) is 0.396. The minimum absolute atomic E-state index is 0. The van der Waals surface area contributed by atoms with Crippen molar-refractivity contribution in [2.75, 3.05) is 6.79 Å². The molecule has 34 heavy (non-hydrogen) atoms. The number of hydrogen-bond acceptors (Lipinski definition) is 5. The summed E-state index contributed by atoms with van der Waals surface area (Å²) in [6, 6.07) is 0. The molecule has 1 radical (unpaired) electrons. The standard InChI is InChI=1S/C22H30O5.C6H12.Es/c1-12(24)19-18(27-11-23)9-16-15-5-4-13-8-14(25)6-7-21(13,2)20(15)17(26)10-22(16,19)3;1-2-4-6-5-3-1;/h6-8,15-20,23,26H,4-5,9-11H2,1-3H3;1-6H2;/t15?,16?,17?,18-,19?,20?,21?,22?;;/m1../s1. The number of aliphatic hydroxyl groups excluding tert-OH is 2. The van der Waals surface area contributed by atoms with E-state index in [4.69, 9.17) is 4.74 Å². The van der Waals surface area contributed by atoms with Gasteiger partial charge >= 0.3 is 0 Å². The van der Waals surface area contributed by atoms with Crippen LogP contribution in [0, 0.1) is 34.5 Å². The van der Waals surface area contributed by atoms with Crippen LogP contribution in [0.5, 0.6) is 0 Å². The molecule has 0 saturated heterocycles. The predicted molar refractivity (Wildman–Crippen MR) is 127 cm³/mol. The van der Waals surface area contributed by atoms with Gasteiger partial charge in [-0.2, -0.15) is 0 Å². The number of ketones is 2. The van der Waals surface area contributed by atoms with Gasteiger partial charge in [-0.15, -0.1) is 0 Å². The molecule has 195 valence electrons. The third-order valence-corrected chi connectivity index (χ3v) is 9.73. The molecule has 0 aromatic carbocycles. The van der Waals surface area contributed by atoms with E-state index in [0.717, 1.165) is 24.8 Å². The van der Waals surface area contributed by atoms with E-state index in [1.807, 2.05) is 6.08 Å². The van der Waals surface area contributed by atoms with Crippen molar-refractivity contribution in [2.45, 2.75) is 97.2 Å². The predicted octanol–water partition coefficient (Wildman–Crippen LogP) is 4.76. The summed E-state index contributed by atoms with van der Waals surface area (Å²) in [5, 5.41) is 20.6.